The molecule has 226 valence electrons. The van der Waals surface area contributed by atoms with Crippen LogP contribution < -0.4 is 25.4 Å². The molecule has 1 fully saturated rings. The zero-order valence-electron chi connectivity index (χ0n) is 24.5. The highest BCUT2D eigenvalue weighted by atomic mass is 19.1. The van der Waals surface area contributed by atoms with Gasteiger partial charge in [0.25, 0.3) is 5.91 Å². The van der Waals surface area contributed by atoms with E-state index in [1.54, 1.807) is 54.6 Å². The molecule has 0 atom stereocenters. The first kappa shape index (κ1) is 28.9. The van der Waals surface area contributed by atoms with Crippen LogP contribution in [0.15, 0.2) is 60.4 Å². The minimum atomic E-state index is -0.515. The quantitative estimate of drug-likeness (QED) is 0.182. The maximum Gasteiger partial charge on any atom is 0.323 e. The monoisotopic (exact) mass is 597 g/mol. The summed E-state index contributed by atoms with van der Waals surface area (Å²) in [5.74, 6) is 0.142. The van der Waals surface area contributed by atoms with Crippen molar-refractivity contribution < 1.29 is 28.2 Å². The number of ether oxygens (including phenoxy) is 2. The van der Waals surface area contributed by atoms with Gasteiger partial charge in [-0.2, -0.15) is 0 Å². The normalized spacial score (nSPS) is 14.9. The van der Waals surface area contributed by atoms with Crippen LogP contribution in [-0.4, -0.2) is 61.9 Å². The van der Waals surface area contributed by atoms with E-state index < -0.39 is 11.8 Å². The highest BCUT2D eigenvalue weighted by molar-refractivity contribution is 6.16. The standard InChI is InChI=1S/C33H32FN5O5/c1-39(2)13-12-35-32(41)19-6-8-20(9-7-19)36-33(42)37-21-10-11-27-25(14-21)31(40)28(44-27)17-24-23-15-22(43-3)16-26(34)30(23)38-29(24)18-4-5-18/h6-11,14-18,38H,4-5,12-13H2,1-3H3,(H,35,41)(H2,36,37,42)/b28-17-. The van der Waals surface area contributed by atoms with Crippen molar-refractivity contribution in [3.63, 3.8) is 0 Å². The van der Waals surface area contributed by atoms with Crippen molar-refractivity contribution in [2.45, 2.75) is 18.8 Å². The number of Topliss-reactive ketones (excluding diaryl/α,β-unsaturated/α-hetero) is 1. The number of nitrogens with one attached hydrogen (secondary N) is 4. The van der Waals surface area contributed by atoms with Gasteiger partial charge >= 0.3 is 6.03 Å². The first-order valence-electron chi connectivity index (χ1n) is 14.3. The molecule has 0 bridgehead atoms. The lowest BCUT2D eigenvalue weighted by molar-refractivity contribution is 0.0950. The average Bonchev–Trinajstić information content (AvgIpc) is 3.71. The Bertz CT molecular complexity index is 1810. The maximum absolute atomic E-state index is 14.8. The molecule has 4 N–H and O–H groups in total. The van der Waals surface area contributed by atoms with Crippen LogP contribution in [0.2, 0.25) is 0 Å². The Morgan fingerprint density at radius 1 is 1.07 bits per heavy atom. The van der Waals surface area contributed by atoms with E-state index in [4.69, 9.17) is 9.47 Å². The van der Waals surface area contributed by atoms with E-state index in [1.807, 2.05) is 19.0 Å². The van der Waals surface area contributed by atoms with Crippen molar-refractivity contribution in [2.24, 2.45) is 0 Å². The average molecular weight is 598 g/mol. The molecule has 44 heavy (non-hydrogen) atoms. The summed E-state index contributed by atoms with van der Waals surface area (Å²) in [6.07, 6.45) is 3.61. The fourth-order valence-corrected chi connectivity index (χ4v) is 5.13. The molecule has 10 nitrogen and oxygen atoms in total. The van der Waals surface area contributed by atoms with Crippen molar-refractivity contribution >= 4 is 46.1 Å². The fraction of sp³-hybridized carbons (Fsp3) is 0.242. The maximum atomic E-state index is 14.8. The summed E-state index contributed by atoms with van der Waals surface area (Å²) in [5, 5.41) is 8.91. The lowest BCUT2D eigenvalue weighted by atomic mass is 10.0. The minimum Gasteiger partial charge on any atom is -0.497 e. The second kappa shape index (κ2) is 11.8. The fourth-order valence-electron chi connectivity index (χ4n) is 5.13. The molecule has 0 saturated heterocycles. The topological polar surface area (TPSA) is 125 Å². The number of fused-ring (bicyclic) bond motifs is 2. The molecule has 11 heteroatoms. The number of H-pyrrole nitrogens is 1. The number of amides is 3. The van der Waals surface area contributed by atoms with Crippen LogP contribution in [-0.2, 0) is 0 Å². The summed E-state index contributed by atoms with van der Waals surface area (Å²) >= 11 is 0. The molecular formula is C33H32FN5O5. The number of hydrogen-bond acceptors (Lipinski definition) is 6. The Morgan fingerprint density at radius 2 is 1.80 bits per heavy atom. The molecule has 3 amide bonds. The largest absolute Gasteiger partial charge is 0.497 e. The first-order chi connectivity index (χ1) is 21.2. The summed E-state index contributed by atoms with van der Waals surface area (Å²) < 4.78 is 26.0. The zero-order chi connectivity index (χ0) is 31.0. The number of carbonyl (C=O) groups excluding carboxylic acids is 3. The van der Waals surface area contributed by atoms with Gasteiger partial charge in [0.2, 0.25) is 5.78 Å². The smallest absolute Gasteiger partial charge is 0.323 e. The molecule has 0 spiro atoms. The van der Waals surface area contributed by atoms with Gasteiger partial charge in [0, 0.05) is 52.7 Å². The number of benzene rings is 3. The Morgan fingerprint density at radius 3 is 2.50 bits per heavy atom. The molecule has 1 aliphatic heterocycles. The van der Waals surface area contributed by atoms with Gasteiger partial charge < -0.3 is 35.3 Å². The Kier molecular flexibility index (Phi) is 7.79. The number of allylic oxidation sites excluding steroid dienone is 1. The Balaban J connectivity index is 1.15. The highest BCUT2D eigenvalue weighted by Crippen LogP contribution is 2.45. The number of likely N-dealkylation sites (N-methyl/N-ethyl adjacent to an activating group) is 1. The van der Waals surface area contributed by atoms with Crippen molar-refractivity contribution in [3.8, 4) is 11.5 Å². The number of halogens is 1. The van der Waals surface area contributed by atoms with E-state index in [-0.39, 0.29) is 23.4 Å². The van der Waals surface area contributed by atoms with Crippen LogP contribution in [0.4, 0.5) is 20.6 Å². The van der Waals surface area contributed by atoms with E-state index in [1.165, 1.54) is 13.2 Å². The molecule has 0 radical (unpaired) electrons. The number of aromatic amines is 1. The number of methoxy groups -OCH3 is 1. The number of anilines is 2. The summed E-state index contributed by atoms with van der Waals surface area (Å²) in [7, 11) is 5.34. The Hall–Kier alpha value is -5.16. The number of rotatable bonds is 9. The summed E-state index contributed by atoms with van der Waals surface area (Å²) in [6, 6.07) is 13.9. The van der Waals surface area contributed by atoms with Crippen LogP contribution in [0.5, 0.6) is 11.5 Å². The van der Waals surface area contributed by atoms with E-state index in [0.29, 0.717) is 57.0 Å². The molecule has 2 aliphatic rings. The number of urea groups is 1. The van der Waals surface area contributed by atoms with Gasteiger partial charge in [-0.3, -0.25) is 9.59 Å². The number of hydrogen-bond donors (Lipinski definition) is 4. The summed E-state index contributed by atoms with van der Waals surface area (Å²) in [5.41, 5.74) is 3.60. The van der Waals surface area contributed by atoms with Gasteiger partial charge in [0.1, 0.15) is 11.5 Å². The van der Waals surface area contributed by atoms with Gasteiger partial charge in [-0.05, 0) is 87.5 Å². The molecule has 6 rings (SSSR count). The Labute approximate surface area is 253 Å². The van der Waals surface area contributed by atoms with Crippen LogP contribution in [0.3, 0.4) is 0 Å². The molecule has 2 heterocycles. The van der Waals surface area contributed by atoms with Crippen LogP contribution in [0, 0.1) is 5.82 Å². The molecule has 4 aromatic rings. The van der Waals surface area contributed by atoms with E-state index in [9.17, 15) is 18.8 Å². The third-order valence-electron chi connectivity index (χ3n) is 7.58. The third kappa shape index (κ3) is 6.00. The molecule has 0 unspecified atom stereocenters. The van der Waals surface area contributed by atoms with Crippen molar-refractivity contribution in [1.82, 2.24) is 15.2 Å². The molecule has 1 saturated carbocycles. The molecule has 1 aromatic heterocycles. The zero-order valence-corrected chi connectivity index (χ0v) is 24.5. The third-order valence-corrected chi connectivity index (χ3v) is 7.58. The van der Waals surface area contributed by atoms with Gasteiger partial charge in [0.05, 0.1) is 18.2 Å². The second-order valence-electron chi connectivity index (χ2n) is 11.1. The van der Waals surface area contributed by atoms with E-state index in [0.717, 1.165) is 25.1 Å². The number of nitrogens with zero attached hydrogens (tertiary/aromatic N) is 1. The van der Waals surface area contributed by atoms with Crippen LogP contribution in [0.1, 0.15) is 50.7 Å². The first-order valence-corrected chi connectivity index (χ1v) is 14.3. The number of carbonyl (C=O) groups is 3. The van der Waals surface area contributed by atoms with E-state index in [2.05, 4.69) is 20.9 Å². The predicted octanol–water partition coefficient (Wildman–Crippen LogP) is 5.74. The lowest BCUT2D eigenvalue weighted by Crippen LogP contribution is -2.31. The molecular weight excluding hydrogens is 565 g/mol. The number of ketones is 1. The van der Waals surface area contributed by atoms with Gasteiger partial charge in [-0.1, -0.05) is 0 Å². The van der Waals surface area contributed by atoms with Gasteiger partial charge in [-0.25, -0.2) is 9.18 Å². The van der Waals surface area contributed by atoms with Gasteiger partial charge in [0.15, 0.2) is 11.6 Å². The van der Waals surface area contributed by atoms with Gasteiger partial charge in [-0.15, -0.1) is 0 Å². The van der Waals surface area contributed by atoms with Crippen molar-refractivity contribution in [2.75, 3.05) is 44.9 Å². The summed E-state index contributed by atoms with van der Waals surface area (Å²) in [4.78, 5) is 43.6. The van der Waals surface area contributed by atoms with E-state index >= 15 is 0 Å². The highest BCUT2D eigenvalue weighted by Gasteiger charge is 2.32. The molecule has 1 aliphatic carbocycles. The van der Waals surface area contributed by atoms with Crippen molar-refractivity contribution in [3.05, 3.63) is 88.6 Å². The predicted molar refractivity (Wildman–Crippen MR) is 166 cm³/mol. The SMILES string of the molecule is COc1cc(F)c2[nH]c(C3CC3)c(/C=C3\Oc4ccc(NC(=O)Nc5ccc(C(=O)NCCN(C)C)cc5)cc4C3=O)c2c1. The lowest BCUT2D eigenvalue weighted by Gasteiger charge is -2.11. The minimum absolute atomic E-state index is 0.110. The van der Waals surface area contributed by atoms with Crippen LogP contribution >= 0.6 is 0 Å². The summed E-state index contributed by atoms with van der Waals surface area (Å²) in [6.45, 7) is 1.26. The molecule has 3 aromatic carbocycles. The van der Waals surface area contributed by atoms with Crippen LogP contribution in [0.25, 0.3) is 17.0 Å². The van der Waals surface area contributed by atoms with Crippen molar-refractivity contribution in [1.29, 1.82) is 0 Å². The second-order valence-corrected chi connectivity index (χ2v) is 11.1. The number of aromatic nitrogens is 1.